The van der Waals surface area contributed by atoms with Crippen molar-refractivity contribution in [1.29, 1.82) is 0 Å². The molecule has 4 N–H and O–H groups in total. The first-order chi connectivity index (χ1) is 9.32. The molecule has 108 valence electrons. The van der Waals surface area contributed by atoms with E-state index in [1.807, 2.05) is 0 Å². The molecule has 0 aliphatic heterocycles. The number of hydrogen-bond donors (Lipinski definition) is 3. The van der Waals surface area contributed by atoms with Crippen LogP contribution in [0.5, 0.6) is 0 Å². The highest BCUT2D eigenvalue weighted by atomic mass is 19.1. The second-order valence-electron chi connectivity index (χ2n) is 3.93. The summed E-state index contributed by atoms with van der Waals surface area (Å²) in [6, 6.07) is 1.15. The lowest BCUT2D eigenvalue weighted by Crippen LogP contribution is -2.37. The van der Waals surface area contributed by atoms with Gasteiger partial charge in [-0.25, -0.2) is 9.18 Å². The molecular weight excluding hydrogens is 271 g/mol. The van der Waals surface area contributed by atoms with Crippen molar-refractivity contribution >= 4 is 17.6 Å². The number of non-ortho nitro benzene ring substituents is 1. The molecule has 8 nitrogen and oxygen atoms in total. The summed E-state index contributed by atoms with van der Waals surface area (Å²) in [6.45, 7) is 1.41. The molecule has 0 saturated carbocycles. The van der Waals surface area contributed by atoms with Crippen molar-refractivity contribution in [2.24, 2.45) is 5.73 Å². The van der Waals surface area contributed by atoms with Gasteiger partial charge in [-0.3, -0.25) is 14.9 Å². The van der Waals surface area contributed by atoms with Crippen LogP contribution in [0.15, 0.2) is 12.1 Å². The van der Waals surface area contributed by atoms with Crippen LogP contribution >= 0.6 is 0 Å². The van der Waals surface area contributed by atoms with E-state index in [9.17, 15) is 24.1 Å². The molecule has 0 bridgehead atoms. The molecule has 1 aromatic carbocycles. The summed E-state index contributed by atoms with van der Waals surface area (Å²) in [6.07, 6.45) is 0. The smallest absolute Gasteiger partial charge is 0.312 e. The minimum absolute atomic E-state index is 0.000360. The maximum absolute atomic E-state index is 13.8. The maximum atomic E-state index is 13.8. The first-order valence-electron chi connectivity index (χ1n) is 5.59. The van der Waals surface area contributed by atoms with Crippen LogP contribution in [0.25, 0.3) is 0 Å². The van der Waals surface area contributed by atoms with Gasteiger partial charge in [0, 0.05) is 25.2 Å². The zero-order chi connectivity index (χ0) is 15.3. The van der Waals surface area contributed by atoms with Crippen LogP contribution in [0.1, 0.15) is 15.9 Å². The third kappa shape index (κ3) is 3.90. The van der Waals surface area contributed by atoms with Gasteiger partial charge in [0.2, 0.25) is 0 Å². The van der Waals surface area contributed by atoms with E-state index in [-0.39, 0.29) is 24.3 Å². The first-order valence-corrected chi connectivity index (χ1v) is 5.59. The summed E-state index contributed by atoms with van der Waals surface area (Å²) in [5, 5.41) is 15.2. The van der Waals surface area contributed by atoms with Crippen LogP contribution < -0.4 is 16.4 Å². The molecule has 3 amide bonds. The Hall–Kier alpha value is -2.71. The van der Waals surface area contributed by atoms with Crippen molar-refractivity contribution in [2.75, 3.05) is 13.1 Å². The standard InChI is InChI=1S/C11H13FN4O4/c1-6-4-7(16(19)20)5-8(9(6)12)10(17)14-2-3-15-11(13)18/h4-5H,2-3H2,1H3,(H,14,17)(H3,13,15,18). The topological polar surface area (TPSA) is 127 Å². The number of benzene rings is 1. The predicted molar refractivity (Wildman–Crippen MR) is 67.7 cm³/mol. The number of hydrogen-bond acceptors (Lipinski definition) is 4. The Kier molecular flexibility index (Phi) is 4.95. The average molecular weight is 284 g/mol. The molecule has 0 saturated heterocycles. The molecule has 0 unspecified atom stereocenters. The van der Waals surface area contributed by atoms with Crippen molar-refractivity contribution < 1.29 is 18.9 Å². The van der Waals surface area contributed by atoms with E-state index in [4.69, 9.17) is 5.73 Å². The quantitative estimate of drug-likeness (QED) is 0.411. The third-order valence-electron chi connectivity index (χ3n) is 2.40. The van der Waals surface area contributed by atoms with Crippen molar-refractivity contribution in [3.05, 3.63) is 39.2 Å². The summed E-state index contributed by atoms with van der Waals surface area (Å²) in [5.41, 5.74) is 4.03. The number of nitrogens with one attached hydrogen (secondary N) is 2. The summed E-state index contributed by atoms with van der Waals surface area (Å²) < 4.78 is 13.8. The lowest BCUT2D eigenvalue weighted by molar-refractivity contribution is -0.385. The summed E-state index contributed by atoms with van der Waals surface area (Å²) in [5.74, 6) is -1.63. The molecule has 1 aromatic rings. The number of nitrogens with zero attached hydrogens (tertiary/aromatic N) is 1. The third-order valence-corrected chi connectivity index (χ3v) is 2.40. The predicted octanol–water partition coefficient (Wildman–Crippen LogP) is 0.440. The Morgan fingerprint density at radius 2 is 1.95 bits per heavy atom. The number of urea groups is 1. The van der Waals surface area contributed by atoms with E-state index < -0.39 is 28.2 Å². The number of nitrogens with two attached hydrogens (primary N) is 1. The second kappa shape index (κ2) is 6.45. The maximum Gasteiger partial charge on any atom is 0.312 e. The van der Waals surface area contributed by atoms with Crippen LogP contribution in [0.3, 0.4) is 0 Å². The Balaban J connectivity index is 2.81. The number of amides is 3. The van der Waals surface area contributed by atoms with Gasteiger partial charge in [-0.2, -0.15) is 0 Å². The number of primary amides is 1. The SMILES string of the molecule is Cc1cc([N+](=O)[O-])cc(C(=O)NCCNC(N)=O)c1F. The van der Waals surface area contributed by atoms with Gasteiger partial charge in [-0.1, -0.05) is 0 Å². The van der Waals surface area contributed by atoms with Crippen molar-refractivity contribution in [3.63, 3.8) is 0 Å². The highest BCUT2D eigenvalue weighted by Gasteiger charge is 2.19. The van der Waals surface area contributed by atoms with Crippen molar-refractivity contribution in [3.8, 4) is 0 Å². The molecule has 0 aliphatic carbocycles. The van der Waals surface area contributed by atoms with Gasteiger partial charge in [0.05, 0.1) is 10.5 Å². The Bertz CT molecular complexity index is 562. The summed E-state index contributed by atoms with van der Waals surface area (Å²) in [7, 11) is 0. The fourth-order valence-corrected chi connectivity index (χ4v) is 1.48. The molecule has 0 atom stereocenters. The fraction of sp³-hybridized carbons (Fsp3) is 0.273. The lowest BCUT2D eigenvalue weighted by atomic mass is 10.1. The highest BCUT2D eigenvalue weighted by molar-refractivity contribution is 5.95. The fourth-order valence-electron chi connectivity index (χ4n) is 1.48. The molecule has 0 aromatic heterocycles. The van der Waals surface area contributed by atoms with Gasteiger partial charge in [-0.05, 0) is 12.5 Å². The van der Waals surface area contributed by atoms with Crippen molar-refractivity contribution in [1.82, 2.24) is 10.6 Å². The van der Waals surface area contributed by atoms with E-state index in [2.05, 4.69) is 10.6 Å². The zero-order valence-corrected chi connectivity index (χ0v) is 10.6. The highest BCUT2D eigenvalue weighted by Crippen LogP contribution is 2.20. The molecule has 9 heteroatoms. The van der Waals surface area contributed by atoms with Crippen molar-refractivity contribution in [2.45, 2.75) is 6.92 Å². The number of carbonyl (C=O) groups excluding carboxylic acids is 2. The molecule has 20 heavy (non-hydrogen) atoms. The van der Waals surface area contributed by atoms with E-state index in [1.54, 1.807) is 0 Å². The number of halogens is 1. The van der Waals surface area contributed by atoms with Crippen LogP contribution in [-0.4, -0.2) is 30.0 Å². The number of carbonyl (C=O) groups is 2. The number of nitro groups is 1. The van der Waals surface area contributed by atoms with E-state index in [0.29, 0.717) is 0 Å². The second-order valence-corrected chi connectivity index (χ2v) is 3.93. The molecular formula is C11H13FN4O4. The van der Waals surface area contributed by atoms with Gasteiger partial charge in [0.15, 0.2) is 0 Å². The normalized spacial score (nSPS) is 9.90. The molecule has 0 heterocycles. The number of aryl methyl sites for hydroxylation is 1. The van der Waals surface area contributed by atoms with Crippen LogP contribution in [0.4, 0.5) is 14.9 Å². The lowest BCUT2D eigenvalue weighted by Gasteiger charge is -2.08. The first kappa shape index (κ1) is 15.3. The monoisotopic (exact) mass is 284 g/mol. The Morgan fingerprint density at radius 1 is 1.35 bits per heavy atom. The van der Waals surface area contributed by atoms with Gasteiger partial charge < -0.3 is 16.4 Å². The molecule has 0 spiro atoms. The molecule has 0 fully saturated rings. The Morgan fingerprint density at radius 3 is 2.50 bits per heavy atom. The minimum Gasteiger partial charge on any atom is -0.352 e. The summed E-state index contributed by atoms with van der Waals surface area (Å²) >= 11 is 0. The summed E-state index contributed by atoms with van der Waals surface area (Å²) in [4.78, 5) is 32.1. The average Bonchev–Trinajstić information content (AvgIpc) is 2.36. The van der Waals surface area contributed by atoms with Crippen LogP contribution in [-0.2, 0) is 0 Å². The van der Waals surface area contributed by atoms with Gasteiger partial charge in [0.1, 0.15) is 5.82 Å². The molecule has 1 rings (SSSR count). The minimum atomic E-state index is -0.823. The van der Waals surface area contributed by atoms with Crippen LogP contribution in [0.2, 0.25) is 0 Å². The molecule has 0 aliphatic rings. The van der Waals surface area contributed by atoms with Crippen LogP contribution in [0, 0.1) is 22.9 Å². The Labute approximate surface area is 113 Å². The molecule has 0 radical (unpaired) electrons. The van der Waals surface area contributed by atoms with E-state index >= 15 is 0 Å². The number of nitro benzene ring substituents is 1. The zero-order valence-electron chi connectivity index (χ0n) is 10.6. The van der Waals surface area contributed by atoms with E-state index in [1.165, 1.54) is 6.92 Å². The van der Waals surface area contributed by atoms with Gasteiger partial charge in [0.25, 0.3) is 11.6 Å². The van der Waals surface area contributed by atoms with E-state index in [0.717, 1.165) is 12.1 Å². The largest absolute Gasteiger partial charge is 0.352 e. The van der Waals surface area contributed by atoms with Gasteiger partial charge >= 0.3 is 6.03 Å². The number of rotatable bonds is 5. The van der Waals surface area contributed by atoms with Gasteiger partial charge in [-0.15, -0.1) is 0 Å².